The van der Waals surface area contributed by atoms with E-state index >= 15 is 0 Å². The number of thiophene rings is 1. The molecule has 164 valence electrons. The van der Waals surface area contributed by atoms with Crippen molar-refractivity contribution < 1.29 is 22.8 Å². The molecule has 4 rings (SSSR count). The molecule has 0 aromatic carbocycles. The molecule has 1 aromatic heterocycles. The van der Waals surface area contributed by atoms with Crippen LogP contribution < -0.4 is 5.32 Å². The Morgan fingerprint density at radius 1 is 1.40 bits per heavy atom. The molecule has 1 N–H and O–H groups in total. The van der Waals surface area contributed by atoms with Crippen molar-refractivity contribution in [1.82, 2.24) is 15.1 Å². The van der Waals surface area contributed by atoms with Crippen LogP contribution in [0.1, 0.15) is 43.6 Å². The summed E-state index contributed by atoms with van der Waals surface area (Å²) < 4.78 is 23.9. The lowest BCUT2D eigenvalue weighted by molar-refractivity contribution is -0.140. The minimum absolute atomic E-state index is 0.0617. The molecule has 0 unspecified atom stereocenters. The number of nitrogens with zero attached hydrogens (tertiary/aromatic N) is 2. The van der Waals surface area contributed by atoms with E-state index in [4.69, 9.17) is 0 Å². The Hall–Kier alpha value is -1.94. The van der Waals surface area contributed by atoms with Gasteiger partial charge >= 0.3 is 6.03 Å². The normalized spacial score (nSPS) is 27.6. The van der Waals surface area contributed by atoms with Crippen LogP contribution >= 0.6 is 11.3 Å². The smallest absolute Gasteiger partial charge is 0.325 e. The highest BCUT2D eigenvalue weighted by Crippen LogP contribution is 2.42. The lowest BCUT2D eigenvalue weighted by Gasteiger charge is -2.32. The van der Waals surface area contributed by atoms with Gasteiger partial charge in [-0.05, 0) is 43.0 Å². The van der Waals surface area contributed by atoms with Crippen LogP contribution in [0.15, 0.2) is 11.4 Å². The molecular formula is C20H27N3O5S2. The van der Waals surface area contributed by atoms with E-state index in [1.807, 2.05) is 25.3 Å². The zero-order valence-corrected chi connectivity index (χ0v) is 18.9. The summed E-state index contributed by atoms with van der Waals surface area (Å²) in [5.74, 6) is -0.629. The molecule has 10 heteroatoms. The van der Waals surface area contributed by atoms with Crippen molar-refractivity contribution in [2.24, 2.45) is 5.92 Å². The Bertz CT molecular complexity index is 986. The number of carbonyl (C=O) groups is 3. The highest BCUT2D eigenvalue weighted by atomic mass is 32.2. The summed E-state index contributed by atoms with van der Waals surface area (Å²) in [5.41, 5.74) is -0.238. The van der Waals surface area contributed by atoms with E-state index in [0.29, 0.717) is 19.4 Å². The highest BCUT2D eigenvalue weighted by molar-refractivity contribution is 7.91. The van der Waals surface area contributed by atoms with Crippen molar-refractivity contribution >= 4 is 39.0 Å². The average molecular weight is 454 g/mol. The van der Waals surface area contributed by atoms with E-state index in [9.17, 15) is 22.8 Å². The topological polar surface area (TPSA) is 104 Å². The summed E-state index contributed by atoms with van der Waals surface area (Å²) >= 11 is 1.58. The molecule has 2 atom stereocenters. The molecule has 0 bridgehead atoms. The molecule has 3 aliphatic rings. The summed E-state index contributed by atoms with van der Waals surface area (Å²) in [6, 6.07) is 0.922. The first-order valence-electron chi connectivity index (χ1n) is 10.3. The number of carbonyl (C=O) groups excluding carboxylic acids is 3. The fourth-order valence-electron chi connectivity index (χ4n) is 4.78. The van der Waals surface area contributed by atoms with E-state index < -0.39 is 27.4 Å². The first-order valence-corrected chi connectivity index (χ1v) is 13.0. The third kappa shape index (κ3) is 3.64. The van der Waals surface area contributed by atoms with E-state index in [2.05, 4.69) is 5.32 Å². The third-order valence-electron chi connectivity index (χ3n) is 6.16. The summed E-state index contributed by atoms with van der Waals surface area (Å²) in [6.07, 6.45) is 2.58. The van der Waals surface area contributed by atoms with Crippen LogP contribution in [0.5, 0.6) is 0 Å². The van der Waals surface area contributed by atoms with Gasteiger partial charge in [0, 0.05) is 23.0 Å². The van der Waals surface area contributed by atoms with Crippen molar-refractivity contribution in [2.45, 2.75) is 51.1 Å². The number of hydrogen-bond donors (Lipinski definition) is 1. The standard InChI is InChI=1S/C20H27N3O5S2/c1-13(2)10-22(14-6-9-30(27,28)12-14)17(24)11-23-18(25)20(21-19(23)26)7-3-4-16-15(20)5-8-29-16/h5,8,13-14H,3-4,6-7,9-12H2,1-2H3,(H,21,26)/t14-,20+/m0/s1. The lowest BCUT2D eigenvalue weighted by Crippen LogP contribution is -2.50. The summed E-state index contributed by atoms with van der Waals surface area (Å²) in [5, 5.41) is 4.78. The number of rotatable bonds is 5. The molecule has 8 nitrogen and oxygen atoms in total. The van der Waals surface area contributed by atoms with E-state index in [0.717, 1.165) is 28.2 Å². The molecule has 2 aliphatic heterocycles. The number of urea groups is 1. The summed E-state index contributed by atoms with van der Waals surface area (Å²) in [6.45, 7) is 3.93. The second-order valence-electron chi connectivity index (χ2n) is 8.83. The monoisotopic (exact) mass is 453 g/mol. The highest BCUT2D eigenvalue weighted by Gasteiger charge is 2.55. The van der Waals surface area contributed by atoms with Crippen LogP contribution in [0.3, 0.4) is 0 Å². The molecular weight excluding hydrogens is 426 g/mol. The first kappa shape index (κ1) is 21.3. The lowest BCUT2D eigenvalue weighted by atomic mass is 9.80. The minimum atomic E-state index is -3.16. The van der Waals surface area contributed by atoms with Gasteiger partial charge in [0.05, 0.1) is 11.5 Å². The van der Waals surface area contributed by atoms with Crippen LogP contribution in [0.25, 0.3) is 0 Å². The van der Waals surface area contributed by atoms with Crippen molar-refractivity contribution in [3.63, 3.8) is 0 Å². The summed E-state index contributed by atoms with van der Waals surface area (Å²) in [7, 11) is -3.16. The SMILES string of the molecule is CC(C)CN(C(=O)CN1C(=O)N[C@@]2(CCCc3sccc32)C1=O)[C@H]1CCS(=O)(=O)C1. The molecule has 1 aromatic rings. The van der Waals surface area contributed by atoms with Crippen LogP contribution in [-0.4, -0.2) is 66.7 Å². The Morgan fingerprint density at radius 2 is 2.17 bits per heavy atom. The number of aryl methyl sites for hydroxylation is 1. The molecule has 30 heavy (non-hydrogen) atoms. The molecule has 2 fully saturated rings. The maximum atomic E-state index is 13.3. The van der Waals surface area contributed by atoms with Gasteiger partial charge in [-0.1, -0.05) is 13.8 Å². The van der Waals surface area contributed by atoms with Gasteiger partial charge in [0.2, 0.25) is 5.91 Å². The van der Waals surface area contributed by atoms with Gasteiger partial charge in [-0.3, -0.25) is 14.5 Å². The molecule has 1 spiro atoms. The predicted octanol–water partition coefficient (Wildman–Crippen LogP) is 1.50. The third-order valence-corrected chi connectivity index (χ3v) is 8.89. The number of imide groups is 1. The number of amides is 4. The van der Waals surface area contributed by atoms with Gasteiger partial charge in [0.1, 0.15) is 12.1 Å². The van der Waals surface area contributed by atoms with Crippen molar-refractivity contribution in [3.8, 4) is 0 Å². The van der Waals surface area contributed by atoms with Gasteiger partial charge in [0.15, 0.2) is 9.84 Å². The molecule has 1 aliphatic carbocycles. The largest absolute Gasteiger partial charge is 0.337 e. The minimum Gasteiger partial charge on any atom is -0.337 e. The van der Waals surface area contributed by atoms with Crippen LogP contribution in [0.4, 0.5) is 4.79 Å². The van der Waals surface area contributed by atoms with Crippen LogP contribution in [-0.2, 0) is 31.4 Å². The Morgan fingerprint density at radius 3 is 2.83 bits per heavy atom. The van der Waals surface area contributed by atoms with Crippen LogP contribution in [0.2, 0.25) is 0 Å². The van der Waals surface area contributed by atoms with Crippen molar-refractivity contribution in [2.75, 3.05) is 24.6 Å². The van der Waals surface area contributed by atoms with Crippen molar-refractivity contribution in [1.29, 1.82) is 0 Å². The van der Waals surface area contributed by atoms with E-state index in [-0.39, 0.29) is 35.8 Å². The Kier molecular flexibility index (Phi) is 5.42. The molecule has 4 amide bonds. The van der Waals surface area contributed by atoms with Crippen molar-refractivity contribution in [3.05, 3.63) is 21.9 Å². The first-order chi connectivity index (χ1) is 14.1. The molecule has 0 radical (unpaired) electrons. The van der Waals surface area contributed by atoms with Gasteiger partial charge in [-0.2, -0.15) is 0 Å². The second kappa shape index (κ2) is 7.64. The van der Waals surface area contributed by atoms with E-state index in [1.165, 1.54) is 0 Å². The van der Waals surface area contributed by atoms with Gasteiger partial charge in [-0.15, -0.1) is 11.3 Å². The molecule has 2 saturated heterocycles. The van der Waals surface area contributed by atoms with E-state index in [1.54, 1.807) is 16.2 Å². The van der Waals surface area contributed by atoms with Gasteiger partial charge in [-0.25, -0.2) is 13.2 Å². The Balaban J connectivity index is 1.55. The van der Waals surface area contributed by atoms with Gasteiger partial charge < -0.3 is 10.2 Å². The maximum Gasteiger partial charge on any atom is 0.325 e. The zero-order valence-electron chi connectivity index (χ0n) is 17.2. The number of sulfone groups is 1. The van der Waals surface area contributed by atoms with Crippen LogP contribution in [0, 0.1) is 5.92 Å². The Labute approximate surface area is 180 Å². The second-order valence-corrected chi connectivity index (χ2v) is 12.1. The average Bonchev–Trinajstić information content (AvgIpc) is 3.34. The van der Waals surface area contributed by atoms with Gasteiger partial charge in [0.25, 0.3) is 5.91 Å². The fourth-order valence-corrected chi connectivity index (χ4v) is 7.51. The number of fused-ring (bicyclic) bond motifs is 2. The molecule has 0 saturated carbocycles. The zero-order chi connectivity index (χ0) is 21.7. The predicted molar refractivity (Wildman–Crippen MR) is 113 cm³/mol. The molecule has 3 heterocycles. The fraction of sp³-hybridized carbons (Fsp3) is 0.650. The number of nitrogens with one attached hydrogen (secondary N) is 1. The quantitative estimate of drug-likeness (QED) is 0.681. The maximum absolute atomic E-state index is 13.3. The summed E-state index contributed by atoms with van der Waals surface area (Å²) in [4.78, 5) is 42.9. The number of hydrogen-bond acceptors (Lipinski definition) is 6.